The van der Waals surface area contributed by atoms with E-state index in [1.165, 1.54) is 11.1 Å². The number of carbonyl (C=O) groups excluding carboxylic acids is 1. The third-order valence-corrected chi connectivity index (χ3v) is 5.38. The van der Waals surface area contributed by atoms with Crippen LogP contribution in [0.5, 0.6) is 0 Å². The first kappa shape index (κ1) is 18.4. The molecule has 0 spiro atoms. The first-order chi connectivity index (χ1) is 12.0. The summed E-state index contributed by atoms with van der Waals surface area (Å²) in [7, 11) is 0. The molecule has 3 rings (SSSR count). The van der Waals surface area contributed by atoms with Crippen molar-refractivity contribution in [1.29, 1.82) is 0 Å². The lowest BCUT2D eigenvalue weighted by molar-refractivity contribution is -0.126. The Bertz CT molecular complexity index is 576. The number of likely N-dealkylation sites (tertiary alicyclic amines) is 1. The van der Waals surface area contributed by atoms with Crippen molar-refractivity contribution in [2.24, 2.45) is 0 Å². The van der Waals surface area contributed by atoms with Gasteiger partial charge in [-0.1, -0.05) is 24.3 Å². The molecule has 0 bridgehead atoms. The van der Waals surface area contributed by atoms with E-state index in [1.807, 2.05) is 19.1 Å². The Morgan fingerprint density at radius 3 is 2.72 bits per heavy atom. The van der Waals surface area contributed by atoms with Gasteiger partial charge < -0.3 is 15.2 Å². The molecule has 1 aromatic carbocycles. The standard InChI is InChI=1S/C20H30N2O3/c1-20(9-4-12-25-20)13-19(24)21-14-16-5-2-3-6-17(16)15-22-10-7-18(23)8-11-22/h2-3,5-6,18,23H,4,7-15H2,1H3,(H,21,24). The van der Waals surface area contributed by atoms with Crippen LogP contribution in [0.4, 0.5) is 0 Å². The van der Waals surface area contributed by atoms with Crippen LogP contribution in [0.15, 0.2) is 24.3 Å². The van der Waals surface area contributed by atoms with E-state index in [9.17, 15) is 9.90 Å². The van der Waals surface area contributed by atoms with Crippen molar-refractivity contribution in [2.75, 3.05) is 19.7 Å². The summed E-state index contributed by atoms with van der Waals surface area (Å²) in [5.74, 6) is 0.0558. The number of ether oxygens (including phenoxy) is 1. The second-order valence-electron chi connectivity index (χ2n) is 7.63. The molecule has 2 saturated heterocycles. The fraction of sp³-hybridized carbons (Fsp3) is 0.650. The Morgan fingerprint density at radius 2 is 2.04 bits per heavy atom. The zero-order valence-electron chi connectivity index (χ0n) is 15.2. The highest BCUT2D eigenvalue weighted by Gasteiger charge is 2.32. The number of hydrogen-bond acceptors (Lipinski definition) is 4. The van der Waals surface area contributed by atoms with Crippen LogP contribution >= 0.6 is 0 Å². The van der Waals surface area contributed by atoms with Crippen molar-refractivity contribution in [2.45, 2.75) is 63.8 Å². The van der Waals surface area contributed by atoms with Gasteiger partial charge in [0, 0.05) is 32.8 Å². The van der Waals surface area contributed by atoms with Gasteiger partial charge >= 0.3 is 0 Å². The third-order valence-electron chi connectivity index (χ3n) is 5.38. The summed E-state index contributed by atoms with van der Waals surface area (Å²) in [5.41, 5.74) is 2.13. The van der Waals surface area contributed by atoms with E-state index in [4.69, 9.17) is 4.74 Å². The predicted molar refractivity (Wildman–Crippen MR) is 97.0 cm³/mol. The molecule has 5 nitrogen and oxygen atoms in total. The van der Waals surface area contributed by atoms with Crippen molar-refractivity contribution in [3.63, 3.8) is 0 Å². The Balaban J connectivity index is 1.53. The van der Waals surface area contributed by atoms with Gasteiger partial charge in [-0.05, 0) is 43.7 Å². The van der Waals surface area contributed by atoms with Crippen molar-refractivity contribution in [3.8, 4) is 0 Å². The van der Waals surface area contributed by atoms with Crippen LogP contribution in [0.1, 0.15) is 50.2 Å². The van der Waals surface area contributed by atoms with Gasteiger partial charge in [0.05, 0.1) is 18.1 Å². The minimum absolute atomic E-state index is 0.0558. The minimum Gasteiger partial charge on any atom is -0.393 e. The fourth-order valence-electron chi connectivity index (χ4n) is 3.77. The molecular formula is C20H30N2O3. The number of hydrogen-bond donors (Lipinski definition) is 2. The molecule has 138 valence electrons. The molecule has 1 aromatic rings. The monoisotopic (exact) mass is 346 g/mol. The minimum atomic E-state index is -0.293. The normalized spacial score (nSPS) is 25.2. The van der Waals surface area contributed by atoms with Gasteiger partial charge in [0.15, 0.2) is 0 Å². The lowest BCUT2D eigenvalue weighted by atomic mass is 9.98. The number of nitrogens with one attached hydrogen (secondary N) is 1. The largest absolute Gasteiger partial charge is 0.393 e. The van der Waals surface area contributed by atoms with E-state index in [1.54, 1.807) is 0 Å². The van der Waals surface area contributed by atoms with Gasteiger partial charge in [0.1, 0.15) is 0 Å². The number of carbonyl (C=O) groups is 1. The maximum atomic E-state index is 12.3. The summed E-state index contributed by atoms with van der Waals surface area (Å²) in [5, 5.41) is 12.7. The van der Waals surface area contributed by atoms with Gasteiger partial charge in [0.2, 0.25) is 5.91 Å². The highest BCUT2D eigenvalue weighted by atomic mass is 16.5. The number of amides is 1. The number of benzene rings is 1. The Labute approximate surface area is 150 Å². The first-order valence-electron chi connectivity index (χ1n) is 9.42. The molecule has 2 aliphatic rings. The van der Waals surface area contributed by atoms with Crippen LogP contribution in [0, 0.1) is 0 Å². The molecule has 1 atom stereocenters. The zero-order chi connectivity index (χ0) is 17.7. The van der Waals surface area contributed by atoms with E-state index in [2.05, 4.69) is 22.3 Å². The molecule has 0 aromatic heterocycles. The SMILES string of the molecule is CC1(CC(=O)NCc2ccccc2CN2CCC(O)CC2)CCCO1. The van der Waals surface area contributed by atoms with E-state index in [-0.39, 0.29) is 17.6 Å². The Hall–Kier alpha value is -1.43. The van der Waals surface area contributed by atoms with E-state index >= 15 is 0 Å². The zero-order valence-corrected chi connectivity index (χ0v) is 15.2. The number of aliphatic hydroxyl groups is 1. The van der Waals surface area contributed by atoms with Crippen LogP contribution in [-0.2, 0) is 22.6 Å². The smallest absolute Gasteiger partial charge is 0.223 e. The lowest BCUT2D eigenvalue weighted by Crippen LogP contribution is -2.36. The van der Waals surface area contributed by atoms with E-state index in [0.717, 1.165) is 51.9 Å². The Kier molecular flexibility index (Phi) is 6.10. The highest BCUT2D eigenvalue weighted by Crippen LogP contribution is 2.28. The third kappa shape index (κ3) is 5.27. The first-order valence-corrected chi connectivity index (χ1v) is 9.42. The molecule has 25 heavy (non-hydrogen) atoms. The second kappa shape index (κ2) is 8.30. The molecule has 0 radical (unpaired) electrons. The van der Waals surface area contributed by atoms with Crippen molar-refractivity contribution in [3.05, 3.63) is 35.4 Å². The summed E-state index contributed by atoms with van der Waals surface area (Å²) in [4.78, 5) is 14.7. The average molecular weight is 346 g/mol. The van der Waals surface area contributed by atoms with Crippen LogP contribution in [0.3, 0.4) is 0 Å². The second-order valence-corrected chi connectivity index (χ2v) is 7.63. The number of rotatable bonds is 6. The molecule has 0 saturated carbocycles. The summed E-state index contributed by atoms with van der Waals surface area (Å²) in [6.45, 7) is 6.08. The number of piperidine rings is 1. The molecule has 2 heterocycles. The maximum absolute atomic E-state index is 12.3. The van der Waals surface area contributed by atoms with Gasteiger partial charge in [-0.25, -0.2) is 0 Å². The summed E-state index contributed by atoms with van der Waals surface area (Å²) >= 11 is 0. The van der Waals surface area contributed by atoms with Gasteiger partial charge in [-0.15, -0.1) is 0 Å². The highest BCUT2D eigenvalue weighted by molar-refractivity contribution is 5.77. The van der Waals surface area contributed by atoms with E-state index < -0.39 is 0 Å². The molecular weight excluding hydrogens is 316 g/mol. The van der Waals surface area contributed by atoms with Crippen molar-refractivity contribution in [1.82, 2.24) is 10.2 Å². The lowest BCUT2D eigenvalue weighted by Gasteiger charge is -2.30. The van der Waals surface area contributed by atoms with Gasteiger partial charge in [0.25, 0.3) is 0 Å². The Morgan fingerprint density at radius 1 is 1.32 bits per heavy atom. The fourth-order valence-corrected chi connectivity index (χ4v) is 3.77. The van der Waals surface area contributed by atoms with Crippen LogP contribution < -0.4 is 5.32 Å². The molecule has 2 N–H and O–H groups in total. The molecule has 1 amide bonds. The predicted octanol–water partition coefficient (Wildman–Crippen LogP) is 2.22. The summed E-state index contributed by atoms with van der Waals surface area (Å²) in [6, 6.07) is 8.29. The molecule has 2 fully saturated rings. The molecule has 0 aliphatic carbocycles. The van der Waals surface area contributed by atoms with E-state index in [0.29, 0.717) is 13.0 Å². The molecule has 2 aliphatic heterocycles. The summed E-state index contributed by atoms with van der Waals surface area (Å²) in [6.07, 6.45) is 3.97. The van der Waals surface area contributed by atoms with Crippen LogP contribution in [0.25, 0.3) is 0 Å². The average Bonchev–Trinajstić information content (AvgIpc) is 3.02. The van der Waals surface area contributed by atoms with Gasteiger partial charge in [-0.3, -0.25) is 9.69 Å². The van der Waals surface area contributed by atoms with Crippen molar-refractivity contribution < 1.29 is 14.6 Å². The maximum Gasteiger partial charge on any atom is 0.223 e. The topological polar surface area (TPSA) is 61.8 Å². The van der Waals surface area contributed by atoms with Crippen LogP contribution in [0.2, 0.25) is 0 Å². The molecule has 1 unspecified atom stereocenters. The van der Waals surface area contributed by atoms with Gasteiger partial charge in [-0.2, -0.15) is 0 Å². The molecule has 5 heteroatoms. The van der Waals surface area contributed by atoms with Crippen LogP contribution in [-0.4, -0.2) is 47.3 Å². The quantitative estimate of drug-likeness (QED) is 0.829. The number of aliphatic hydroxyl groups excluding tert-OH is 1. The summed E-state index contributed by atoms with van der Waals surface area (Å²) < 4.78 is 5.71. The van der Waals surface area contributed by atoms with Crippen molar-refractivity contribution >= 4 is 5.91 Å². The number of nitrogens with zero attached hydrogens (tertiary/aromatic N) is 1.